The summed E-state index contributed by atoms with van der Waals surface area (Å²) in [6.45, 7) is 3.17. The number of amides is 1. The Morgan fingerprint density at radius 2 is 2.26 bits per heavy atom. The van der Waals surface area contributed by atoms with E-state index < -0.39 is 29.8 Å². The summed E-state index contributed by atoms with van der Waals surface area (Å²) in [6, 6.07) is 7.35. The van der Waals surface area contributed by atoms with Crippen molar-refractivity contribution in [3.05, 3.63) is 47.7 Å². The number of methoxy groups -OCH3 is 1. The number of aromatic nitrogens is 1. The third-order valence-electron chi connectivity index (χ3n) is 4.89. The predicted molar refractivity (Wildman–Crippen MR) is 95.4 cm³/mol. The Bertz CT molecular complexity index is 807. The fourth-order valence-corrected chi connectivity index (χ4v) is 3.32. The van der Waals surface area contributed by atoms with Crippen LogP contribution in [0.3, 0.4) is 0 Å². The number of oxazole rings is 1. The summed E-state index contributed by atoms with van der Waals surface area (Å²) in [7, 11) is 1.57. The summed E-state index contributed by atoms with van der Waals surface area (Å²) in [5.74, 6) is 0.585. The summed E-state index contributed by atoms with van der Waals surface area (Å²) < 4.78 is 16.1. The highest BCUT2D eigenvalue weighted by Gasteiger charge is 2.47. The lowest BCUT2D eigenvalue weighted by Crippen LogP contribution is -2.59. The van der Waals surface area contributed by atoms with Gasteiger partial charge in [-0.15, -0.1) is 0 Å². The molecule has 3 N–H and O–H groups in total. The highest BCUT2D eigenvalue weighted by atomic mass is 16.5. The van der Waals surface area contributed by atoms with Gasteiger partial charge in [-0.1, -0.05) is 12.1 Å². The van der Waals surface area contributed by atoms with Crippen molar-refractivity contribution in [1.29, 1.82) is 0 Å². The highest BCUT2D eigenvalue weighted by Crippen LogP contribution is 2.38. The van der Waals surface area contributed by atoms with Crippen molar-refractivity contribution in [2.24, 2.45) is 0 Å². The van der Waals surface area contributed by atoms with Crippen molar-refractivity contribution < 1.29 is 28.9 Å². The molecule has 8 heteroatoms. The van der Waals surface area contributed by atoms with Gasteiger partial charge in [0, 0.05) is 13.0 Å². The molecule has 27 heavy (non-hydrogen) atoms. The maximum absolute atomic E-state index is 12.3. The molecule has 1 amide bonds. The first-order valence-electron chi connectivity index (χ1n) is 8.72. The second-order valence-electron chi connectivity index (χ2n) is 6.80. The quantitative estimate of drug-likeness (QED) is 0.722. The van der Waals surface area contributed by atoms with Gasteiger partial charge in [-0.05, 0) is 31.5 Å². The molecule has 2 aromatic rings. The minimum absolute atomic E-state index is 0.115. The van der Waals surface area contributed by atoms with Crippen molar-refractivity contribution in [1.82, 2.24) is 10.3 Å². The molecule has 8 nitrogen and oxygen atoms in total. The molecule has 1 aliphatic heterocycles. The van der Waals surface area contributed by atoms with Crippen LogP contribution in [-0.4, -0.2) is 52.6 Å². The van der Waals surface area contributed by atoms with E-state index in [-0.39, 0.29) is 18.7 Å². The molecule has 1 aromatic carbocycles. The minimum atomic E-state index is -1.56. The fourth-order valence-electron chi connectivity index (χ4n) is 3.32. The number of hydrogen-bond acceptors (Lipinski definition) is 7. The van der Waals surface area contributed by atoms with E-state index in [1.54, 1.807) is 21.0 Å². The van der Waals surface area contributed by atoms with Crippen LogP contribution in [0.5, 0.6) is 5.75 Å². The van der Waals surface area contributed by atoms with Crippen LogP contribution in [0.2, 0.25) is 0 Å². The Balaban J connectivity index is 1.75. The number of carbonyl (C=O) groups excluding carboxylic acids is 1. The summed E-state index contributed by atoms with van der Waals surface area (Å²) in [6.07, 6.45) is -0.926. The molecule has 0 unspecified atom stereocenters. The van der Waals surface area contributed by atoms with Gasteiger partial charge < -0.3 is 29.4 Å². The smallest absolute Gasteiger partial charge is 0.273 e. The molecular formula is C19H24N2O6. The van der Waals surface area contributed by atoms with Crippen molar-refractivity contribution in [2.75, 3.05) is 13.7 Å². The van der Waals surface area contributed by atoms with E-state index in [1.807, 2.05) is 24.3 Å². The van der Waals surface area contributed by atoms with E-state index in [1.165, 1.54) is 6.39 Å². The lowest BCUT2D eigenvalue weighted by molar-refractivity contribution is -0.210. The second-order valence-corrected chi connectivity index (χ2v) is 6.80. The van der Waals surface area contributed by atoms with Crippen LogP contribution < -0.4 is 10.1 Å². The molecule has 0 bridgehead atoms. The summed E-state index contributed by atoms with van der Waals surface area (Å²) in [5, 5.41) is 24.2. The zero-order valence-electron chi connectivity index (χ0n) is 15.5. The number of benzene rings is 1. The maximum atomic E-state index is 12.3. The molecule has 1 aliphatic rings. The molecule has 0 saturated carbocycles. The van der Waals surface area contributed by atoms with E-state index in [0.29, 0.717) is 11.5 Å². The molecule has 1 aromatic heterocycles. The summed E-state index contributed by atoms with van der Waals surface area (Å²) in [5.41, 5.74) is -0.582. The lowest BCUT2D eigenvalue weighted by Gasteiger charge is -2.44. The first kappa shape index (κ1) is 19.3. The number of aliphatic hydroxyl groups excluding tert-OH is 1. The molecular weight excluding hydrogens is 352 g/mol. The fraction of sp³-hybridized carbons (Fsp3) is 0.474. The molecule has 0 aliphatic carbocycles. The summed E-state index contributed by atoms with van der Waals surface area (Å²) >= 11 is 0. The highest BCUT2D eigenvalue weighted by molar-refractivity contribution is 5.93. The molecule has 0 spiro atoms. The molecule has 146 valence electrons. The van der Waals surface area contributed by atoms with Gasteiger partial charge in [-0.3, -0.25) is 4.79 Å². The van der Waals surface area contributed by atoms with Crippen LogP contribution >= 0.6 is 0 Å². The lowest BCUT2D eigenvalue weighted by atomic mass is 9.82. The van der Waals surface area contributed by atoms with Crippen LogP contribution in [-0.2, 0) is 4.74 Å². The first-order valence-corrected chi connectivity index (χ1v) is 8.72. The number of nitrogens with zero attached hydrogens (tertiary/aromatic N) is 1. The third-order valence-corrected chi connectivity index (χ3v) is 4.89. The largest absolute Gasteiger partial charge is 0.497 e. The Kier molecular flexibility index (Phi) is 5.50. The number of aryl methyl sites for hydroxylation is 1. The monoisotopic (exact) mass is 376 g/mol. The standard InChI is InChI=1S/C19H24N2O6/c1-11-16(21-10-26-11)18(23)20-9-19(24)8-15(27-12(2)17(19)22)13-5-4-6-14(7-13)25-3/h4-7,10,12,15,17,22,24H,8-9H2,1-3H3,(H,20,23)/t12-,15-,17-,19-/m1/s1. The van der Waals surface area contributed by atoms with Gasteiger partial charge in [-0.2, -0.15) is 0 Å². The van der Waals surface area contributed by atoms with Gasteiger partial charge in [-0.25, -0.2) is 4.98 Å². The van der Waals surface area contributed by atoms with E-state index in [2.05, 4.69) is 10.3 Å². The van der Waals surface area contributed by atoms with Crippen molar-refractivity contribution in [3.8, 4) is 5.75 Å². The third kappa shape index (κ3) is 3.97. The number of rotatable bonds is 5. The van der Waals surface area contributed by atoms with Crippen molar-refractivity contribution in [3.63, 3.8) is 0 Å². The van der Waals surface area contributed by atoms with Gasteiger partial charge in [0.05, 0.1) is 19.3 Å². The van der Waals surface area contributed by atoms with Crippen LogP contribution in [0, 0.1) is 6.92 Å². The minimum Gasteiger partial charge on any atom is -0.497 e. The number of aliphatic hydroxyl groups is 2. The van der Waals surface area contributed by atoms with Gasteiger partial charge in [0.25, 0.3) is 5.91 Å². The van der Waals surface area contributed by atoms with Crippen LogP contribution in [0.25, 0.3) is 0 Å². The zero-order valence-corrected chi connectivity index (χ0v) is 15.5. The van der Waals surface area contributed by atoms with E-state index in [0.717, 1.165) is 5.56 Å². The second kappa shape index (κ2) is 7.67. The van der Waals surface area contributed by atoms with Crippen molar-refractivity contribution >= 4 is 5.91 Å². The Morgan fingerprint density at radius 3 is 2.93 bits per heavy atom. The van der Waals surface area contributed by atoms with Gasteiger partial charge >= 0.3 is 0 Å². The average Bonchev–Trinajstić information content (AvgIpc) is 3.10. The zero-order chi connectivity index (χ0) is 19.6. The number of nitrogens with one attached hydrogen (secondary N) is 1. The van der Waals surface area contributed by atoms with Gasteiger partial charge in [0.2, 0.25) is 0 Å². The normalized spacial score (nSPS) is 28.0. The number of ether oxygens (including phenoxy) is 2. The van der Waals surface area contributed by atoms with Crippen LogP contribution in [0.15, 0.2) is 35.1 Å². The average molecular weight is 376 g/mol. The molecule has 3 rings (SSSR count). The molecule has 1 saturated heterocycles. The maximum Gasteiger partial charge on any atom is 0.273 e. The summed E-state index contributed by atoms with van der Waals surface area (Å²) in [4.78, 5) is 16.1. The number of hydrogen-bond donors (Lipinski definition) is 3. The van der Waals surface area contributed by atoms with Gasteiger partial charge in [0.1, 0.15) is 23.2 Å². The van der Waals surface area contributed by atoms with Gasteiger partial charge in [0.15, 0.2) is 12.1 Å². The molecule has 4 atom stereocenters. The Hall–Kier alpha value is -2.42. The number of carbonyl (C=O) groups is 1. The van der Waals surface area contributed by atoms with E-state index in [4.69, 9.17) is 13.9 Å². The first-order chi connectivity index (χ1) is 12.8. The SMILES string of the molecule is COc1cccc([C@H]2C[C@@](O)(CNC(=O)c3ncoc3C)[C@H](O)[C@@H](C)O2)c1. The van der Waals surface area contributed by atoms with E-state index >= 15 is 0 Å². The molecule has 1 fully saturated rings. The predicted octanol–water partition coefficient (Wildman–Crippen LogP) is 1.36. The topological polar surface area (TPSA) is 114 Å². The van der Waals surface area contributed by atoms with E-state index in [9.17, 15) is 15.0 Å². The Labute approximate surface area is 157 Å². The van der Waals surface area contributed by atoms with Crippen LogP contribution in [0.4, 0.5) is 0 Å². The van der Waals surface area contributed by atoms with Crippen LogP contribution in [0.1, 0.15) is 41.3 Å². The molecule has 0 radical (unpaired) electrons. The Morgan fingerprint density at radius 1 is 1.48 bits per heavy atom. The molecule has 2 heterocycles. The van der Waals surface area contributed by atoms with Crippen molar-refractivity contribution in [2.45, 2.75) is 44.2 Å².